The van der Waals surface area contributed by atoms with Crippen LogP contribution in [0.15, 0.2) is 23.1 Å². The molecule has 0 atom stereocenters. The molecule has 0 radical (unpaired) electrons. The van der Waals surface area contributed by atoms with E-state index in [1.165, 1.54) is 4.31 Å². The maximum absolute atomic E-state index is 12.8. The van der Waals surface area contributed by atoms with Crippen molar-refractivity contribution in [1.29, 1.82) is 0 Å². The number of hydrogen-bond donors (Lipinski definition) is 0. The van der Waals surface area contributed by atoms with Crippen LogP contribution in [0, 0.1) is 0 Å². The highest BCUT2D eigenvalue weighted by Crippen LogP contribution is 2.33. The Labute approximate surface area is 136 Å². The van der Waals surface area contributed by atoms with Crippen LogP contribution in [0.3, 0.4) is 0 Å². The zero-order chi connectivity index (χ0) is 16.3. The summed E-state index contributed by atoms with van der Waals surface area (Å²) in [4.78, 5) is 2.46. The molecular weight excluding hydrogens is 320 g/mol. The summed E-state index contributed by atoms with van der Waals surface area (Å²) in [6.45, 7) is 4.82. The molecule has 3 rings (SSSR count). The fourth-order valence-corrected chi connectivity index (χ4v) is 4.19. The molecule has 2 aliphatic rings. The zero-order valence-corrected chi connectivity index (χ0v) is 14.0. The molecule has 0 N–H and O–H groups in total. The third kappa shape index (κ3) is 3.60. The van der Waals surface area contributed by atoms with E-state index in [4.69, 9.17) is 14.2 Å². The summed E-state index contributed by atoms with van der Waals surface area (Å²) in [7, 11) is -1.83. The molecule has 2 heterocycles. The van der Waals surface area contributed by atoms with Gasteiger partial charge in [0, 0.05) is 45.9 Å². The Morgan fingerprint density at radius 3 is 2.48 bits per heavy atom. The molecule has 0 aliphatic carbocycles. The van der Waals surface area contributed by atoms with Crippen molar-refractivity contribution in [3.05, 3.63) is 18.2 Å². The molecule has 0 aromatic heterocycles. The van der Waals surface area contributed by atoms with Gasteiger partial charge in [0.15, 0.2) is 11.5 Å². The van der Waals surface area contributed by atoms with E-state index >= 15 is 0 Å². The molecule has 0 amide bonds. The van der Waals surface area contributed by atoms with Crippen LogP contribution in [0.1, 0.15) is 0 Å². The van der Waals surface area contributed by atoms with Crippen LogP contribution in [-0.4, -0.2) is 77.3 Å². The van der Waals surface area contributed by atoms with Gasteiger partial charge in [-0.1, -0.05) is 0 Å². The fraction of sp³-hybridized carbons (Fsp3) is 0.600. The van der Waals surface area contributed by atoms with E-state index in [0.717, 1.165) is 6.54 Å². The van der Waals surface area contributed by atoms with E-state index in [2.05, 4.69) is 4.90 Å². The van der Waals surface area contributed by atoms with Gasteiger partial charge < -0.3 is 14.2 Å². The van der Waals surface area contributed by atoms with E-state index < -0.39 is 10.0 Å². The quantitative estimate of drug-likeness (QED) is 0.772. The lowest BCUT2D eigenvalue weighted by Gasteiger charge is -2.33. The number of benzene rings is 1. The minimum atomic E-state index is -3.50. The molecule has 8 heteroatoms. The number of nitrogens with zero attached hydrogens (tertiary/aromatic N) is 2. The van der Waals surface area contributed by atoms with Crippen LogP contribution in [0.5, 0.6) is 11.5 Å². The smallest absolute Gasteiger partial charge is 0.243 e. The fourth-order valence-electron chi connectivity index (χ4n) is 2.75. The number of ether oxygens (including phenoxy) is 3. The molecule has 1 fully saturated rings. The summed E-state index contributed by atoms with van der Waals surface area (Å²) >= 11 is 0. The minimum absolute atomic E-state index is 0.257. The summed E-state index contributed by atoms with van der Waals surface area (Å²) in [6.07, 6.45) is 0. The first-order valence-corrected chi connectivity index (χ1v) is 9.16. The molecule has 1 aromatic rings. The summed E-state index contributed by atoms with van der Waals surface area (Å²) in [5.41, 5.74) is 0. The second-order valence-corrected chi connectivity index (χ2v) is 7.48. The second-order valence-electron chi connectivity index (χ2n) is 5.54. The maximum atomic E-state index is 12.8. The van der Waals surface area contributed by atoms with Gasteiger partial charge in [-0.3, -0.25) is 4.90 Å². The van der Waals surface area contributed by atoms with Gasteiger partial charge in [0.05, 0.1) is 11.5 Å². The van der Waals surface area contributed by atoms with Gasteiger partial charge in [-0.15, -0.1) is 0 Å². The third-order valence-corrected chi connectivity index (χ3v) is 5.99. The standard InChI is InChI=1S/C15H22N2O5S/c1-20-9-8-16-4-6-17(7-5-16)23(18,19)13-2-3-14-15(12-13)22-11-10-21-14/h2-3,12H,4-11H2,1H3. The Bertz CT molecular complexity index is 641. The predicted molar refractivity (Wildman–Crippen MR) is 84.5 cm³/mol. The van der Waals surface area contributed by atoms with Crippen LogP contribution in [0.4, 0.5) is 0 Å². The normalized spacial score (nSPS) is 19.7. The van der Waals surface area contributed by atoms with Crippen molar-refractivity contribution < 1.29 is 22.6 Å². The van der Waals surface area contributed by atoms with Crippen LogP contribution in [-0.2, 0) is 14.8 Å². The predicted octanol–water partition coefficient (Wildman–Crippen LogP) is 0.411. The molecule has 128 valence electrons. The molecule has 2 aliphatic heterocycles. The molecule has 0 unspecified atom stereocenters. The molecular formula is C15H22N2O5S. The van der Waals surface area contributed by atoms with Gasteiger partial charge in [-0.05, 0) is 12.1 Å². The molecule has 0 saturated carbocycles. The van der Waals surface area contributed by atoms with Crippen molar-refractivity contribution >= 4 is 10.0 Å². The van der Waals surface area contributed by atoms with Crippen LogP contribution < -0.4 is 9.47 Å². The summed E-state index contributed by atoms with van der Waals surface area (Å²) in [5, 5.41) is 0. The number of methoxy groups -OCH3 is 1. The number of fused-ring (bicyclic) bond motifs is 1. The summed E-state index contributed by atoms with van der Waals surface area (Å²) in [5.74, 6) is 1.09. The Hall–Kier alpha value is -1.35. The van der Waals surface area contributed by atoms with E-state index in [1.54, 1.807) is 25.3 Å². The average molecular weight is 342 g/mol. The second kappa shape index (κ2) is 7.04. The molecule has 23 heavy (non-hydrogen) atoms. The summed E-state index contributed by atoms with van der Waals surface area (Å²) in [6, 6.07) is 4.80. The van der Waals surface area contributed by atoms with Gasteiger partial charge >= 0.3 is 0 Å². The van der Waals surface area contributed by atoms with Crippen molar-refractivity contribution in [3.8, 4) is 11.5 Å². The zero-order valence-electron chi connectivity index (χ0n) is 13.2. The molecule has 1 aromatic carbocycles. The highest BCUT2D eigenvalue weighted by molar-refractivity contribution is 7.89. The number of sulfonamides is 1. The Kier molecular flexibility index (Phi) is 5.05. The Morgan fingerprint density at radius 2 is 1.78 bits per heavy atom. The van der Waals surface area contributed by atoms with E-state index in [-0.39, 0.29) is 4.90 Å². The molecule has 0 bridgehead atoms. The minimum Gasteiger partial charge on any atom is -0.486 e. The van der Waals surface area contributed by atoms with Crippen LogP contribution in [0.25, 0.3) is 0 Å². The van der Waals surface area contributed by atoms with Crippen molar-refractivity contribution in [2.45, 2.75) is 4.90 Å². The van der Waals surface area contributed by atoms with Gasteiger partial charge in [0.2, 0.25) is 10.0 Å². The van der Waals surface area contributed by atoms with Crippen LogP contribution >= 0.6 is 0 Å². The Balaban J connectivity index is 1.70. The summed E-state index contributed by atoms with van der Waals surface area (Å²) < 4.78 is 43.1. The highest BCUT2D eigenvalue weighted by Gasteiger charge is 2.29. The first-order valence-electron chi connectivity index (χ1n) is 7.72. The average Bonchev–Trinajstić information content (AvgIpc) is 2.60. The maximum Gasteiger partial charge on any atom is 0.243 e. The van der Waals surface area contributed by atoms with Crippen molar-refractivity contribution in [1.82, 2.24) is 9.21 Å². The first kappa shape index (κ1) is 16.5. The van der Waals surface area contributed by atoms with Gasteiger partial charge in [-0.2, -0.15) is 4.31 Å². The number of piperazine rings is 1. The SMILES string of the molecule is COCCN1CCN(S(=O)(=O)c2ccc3c(c2)OCCO3)CC1. The molecule has 0 spiro atoms. The van der Waals surface area contributed by atoms with Gasteiger partial charge in [0.25, 0.3) is 0 Å². The third-order valence-electron chi connectivity index (χ3n) is 4.09. The largest absolute Gasteiger partial charge is 0.486 e. The highest BCUT2D eigenvalue weighted by atomic mass is 32.2. The topological polar surface area (TPSA) is 68.3 Å². The lowest BCUT2D eigenvalue weighted by Crippen LogP contribution is -2.49. The van der Waals surface area contributed by atoms with Gasteiger partial charge in [0.1, 0.15) is 13.2 Å². The monoisotopic (exact) mass is 342 g/mol. The van der Waals surface area contributed by atoms with Crippen molar-refractivity contribution in [2.75, 3.05) is 59.7 Å². The van der Waals surface area contributed by atoms with Gasteiger partial charge in [-0.25, -0.2) is 8.42 Å². The van der Waals surface area contributed by atoms with Crippen molar-refractivity contribution in [3.63, 3.8) is 0 Å². The van der Waals surface area contributed by atoms with E-state index in [0.29, 0.717) is 57.5 Å². The Morgan fingerprint density at radius 1 is 1.09 bits per heavy atom. The lowest BCUT2D eigenvalue weighted by atomic mass is 10.3. The lowest BCUT2D eigenvalue weighted by molar-refractivity contribution is 0.123. The first-order chi connectivity index (χ1) is 11.1. The van der Waals surface area contributed by atoms with Crippen LogP contribution in [0.2, 0.25) is 0 Å². The van der Waals surface area contributed by atoms with Crippen molar-refractivity contribution in [2.24, 2.45) is 0 Å². The van der Waals surface area contributed by atoms with E-state index in [1.807, 2.05) is 0 Å². The number of rotatable bonds is 5. The molecule has 7 nitrogen and oxygen atoms in total. The molecule has 1 saturated heterocycles. The van der Waals surface area contributed by atoms with E-state index in [9.17, 15) is 8.42 Å². The number of hydrogen-bond acceptors (Lipinski definition) is 6.